The van der Waals surface area contributed by atoms with E-state index >= 15 is 4.79 Å². The van der Waals surface area contributed by atoms with Gasteiger partial charge in [0.15, 0.2) is 0 Å². The molecular weight excluding hydrogens is 685 g/mol. The molecule has 0 aliphatic heterocycles. The average molecular weight is 714 g/mol. The molecule has 0 unspecified atom stereocenters. The van der Waals surface area contributed by atoms with Crippen molar-refractivity contribution < 1.29 is 9.47 Å². The maximum atomic E-state index is 15.2. The molecule has 0 fully saturated rings. The predicted octanol–water partition coefficient (Wildman–Crippen LogP) is 9.86. The van der Waals surface area contributed by atoms with Gasteiger partial charge in [0.2, 0.25) is 0 Å². The first-order valence-corrected chi connectivity index (χ1v) is 17.7. The Bertz CT molecular complexity index is 3380. The Morgan fingerprint density at radius 3 is 1.84 bits per heavy atom. The summed E-state index contributed by atoms with van der Waals surface area (Å²) in [5, 5.41) is 20.9. The summed E-state index contributed by atoms with van der Waals surface area (Å²) in [6, 6.07) is 45.4. The highest BCUT2D eigenvalue weighted by atomic mass is 16.5. The molecule has 260 valence electrons. The molecule has 0 amide bonds. The van der Waals surface area contributed by atoms with Gasteiger partial charge in [0.25, 0.3) is 0 Å². The van der Waals surface area contributed by atoms with Crippen LogP contribution in [0.4, 0.5) is 0 Å². The van der Waals surface area contributed by atoms with E-state index in [4.69, 9.17) is 9.47 Å². The van der Waals surface area contributed by atoms with Crippen LogP contribution in [0.2, 0.25) is 0 Å². The van der Waals surface area contributed by atoms with Crippen LogP contribution in [0.15, 0.2) is 132 Å². The quantitative estimate of drug-likeness (QED) is 0.172. The van der Waals surface area contributed by atoms with Crippen LogP contribution in [0, 0.1) is 22.7 Å². The fraction of sp³-hybridized carbons (Fsp3) is 0.0435. The summed E-state index contributed by atoms with van der Waals surface area (Å²) in [7, 11) is 3.30. The number of fused-ring (bicyclic) bond motifs is 6. The first kappa shape index (κ1) is 31.8. The van der Waals surface area contributed by atoms with E-state index in [1.807, 2.05) is 109 Å². The number of aromatic amines is 2. The van der Waals surface area contributed by atoms with Crippen LogP contribution in [-0.4, -0.2) is 33.0 Å². The van der Waals surface area contributed by atoms with E-state index in [2.05, 4.69) is 28.2 Å². The fourth-order valence-corrected chi connectivity index (χ4v) is 8.11. The number of ether oxygens (including phenoxy) is 2. The van der Waals surface area contributed by atoms with Crippen molar-refractivity contribution in [1.82, 2.24) is 18.8 Å². The topological polar surface area (TPSA) is 124 Å². The van der Waals surface area contributed by atoms with Gasteiger partial charge >= 0.3 is 5.69 Å². The van der Waals surface area contributed by atoms with Gasteiger partial charge in [0.1, 0.15) is 34.2 Å². The van der Waals surface area contributed by atoms with Gasteiger partial charge in [-0.25, -0.2) is 4.79 Å². The van der Waals surface area contributed by atoms with Crippen LogP contribution in [-0.2, 0) is 0 Å². The molecule has 10 aromatic rings. The Kier molecular flexibility index (Phi) is 7.00. The van der Waals surface area contributed by atoms with Crippen molar-refractivity contribution in [2.24, 2.45) is 0 Å². The van der Waals surface area contributed by atoms with Crippen molar-refractivity contribution in [3.05, 3.63) is 149 Å². The zero-order valence-corrected chi connectivity index (χ0v) is 29.6. The summed E-state index contributed by atoms with van der Waals surface area (Å²) < 4.78 is 15.1. The number of hydrogen-bond acceptors (Lipinski definition) is 5. The highest BCUT2D eigenvalue weighted by Crippen LogP contribution is 2.42. The summed E-state index contributed by atoms with van der Waals surface area (Å²) in [6.07, 6.45) is 0. The number of H-pyrrole nitrogens is 2. The van der Waals surface area contributed by atoms with Crippen molar-refractivity contribution in [1.29, 1.82) is 10.5 Å². The molecule has 0 radical (unpaired) electrons. The minimum atomic E-state index is -0.228. The molecule has 0 spiro atoms. The molecule has 6 aromatic heterocycles. The summed E-state index contributed by atoms with van der Waals surface area (Å²) >= 11 is 0. The number of nitriles is 2. The second kappa shape index (κ2) is 12.1. The van der Waals surface area contributed by atoms with Crippen molar-refractivity contribution in [3.63, 3.8) is 0 Å². The molecule has 9 nitrogen and oxygen atoms in total. The van der Waals surface area contributed by atoms with E-state index in [-0.39, 0.29) is 5.69 Å². The van der Waals surface area contributed by atoms with Crippen molar-refractivity contribution in [2.75, 3.05) is 14.2 Å². The van der Waals surface area contributed by atoms with E-state index in [0.29, 0.717) is 33.7 Å². The molecule has 0 atom stereocenters. The van der Waals surface area contributed by atoms with E-state index < -0.39 is 0 Å². The normalized spacial score (nSPS) is 11.5. The molecule has 2 N–H and O–H groups in total. The number of methoxy groups -OCH3 is 2. The first-order valence-electron chi connectivity index (χ1n) is 17.7. The van der Waals surface area contributed by atoms with Crippen LogP contribution in [0.25, 0.3) is 88.3 Å². The third-order valence-electron chi connectivity index (χ3n) is 10.6. The Balaban J connectivity index is 1.46. The third-order valence-corrected chi connectivity index (χ3v) is 10.6. The second-order valence-electron chi connectivity index (χ2n) is 13.5. The molecule has 10 rings (SSSR count). The summed E-state index contributed by atoms with van der Waals surface area (Å²) in [5.41, 5.74) is 12.2. The zero-order valence-electron chi connectivity index (χ0n) is 29.6. The van der Waals surface area contributed by atoms with Crippen LogP contribution in [0.1, 0.15) is 11.1 Å². The van der Waals surface area contributed by atoms with E-state index in [9.17, 15) is 10.5 Å². The second-order valence-corrected chi connectivity index (χ2v) is 13.5. The number of rotatable bonds is 5. The third kappa shape index (κ3) is 4.71. The minimum absolute atomic E-state index is 0.228. The molecule has 0 saturated heterocycles. The van der Waals surface area contributed by atoms with Gasteiger partial charge in [-0.15, -0.1) is 0 Å². The SMILES string of the molecule is COc1ccc2c(OC)ccc(-c3c4ccc([nH]4)[c+](-c4ccc(C#N)cc4)c4ccc([nH]4)c4ccc5c(-c6ccc(C#N)cc6)c6ccc3n6c(=O)n54)c2c1. The highest BCUT2D eigenvalue weighted by molar-refractivity contribution is 6.09. The molecule has 9 heteroatoms. The number of nitrogens with zero attached hydrogens (tertiary/aromatic N) is 4. The molecular formula is C46H29N6O3+. The smallest absolute Gasteiger partial charge is 0.338 e. The van der Waals surface area contributed by atoms with E-state index in [1.165, 1.54) is 0 Å². The lowest BCUT2D eigenvalue weighted by atomic mass is 9.97. The molecule has 4 aromatic carbocycles. The van der Waals surface area contributed by atoms with Gasteiger partial charge in [0.05, 0.1) is 70.1 Å². The van der Waals surface area contributed by atoms with Crippen LogP contribution in [0.3, 0.4) is 0 Å². The van der Waals surface area contributed by atoms with Gasteiger partial charge in [-0.2, -0.15) is 10.5 Å². The molecule has 55 heavy (non-hydrogen) atoms. The average Bonchev–Trinajstić information content (AvgIpc) is 4.06. The number of hydrogen-bond donors (Lipinski definition) is 2. The van der Waals surface area contributed by atoms with Gasteiger partial charge < -0.3 is 19.4 Å². The number of benzene rings is 4. The Labute approximate surface area is 313 Å². The highest BCUT2D eigenvalue weighted by Gasteiger charge is 2.23. The first-order chi connectivity index (χ1) is 27.0. The lowest BCUT2D eigenvalue weighted by molar-refractivity contribution is 0.414. The largest absolute Gasteiger partial charge is 0.497 e. The van der Waals surface area contributed by atoms with Crippen LogP contribution in [0.5, 0.6) is 11.5 Å². The van der Waals surface area contributed by atoms with Crippen molar-refractivity contribution >= 4 is 54.9 Å². The van der Waals surface area contributed by atoms with Crippen LogP contribution < -0.4 is 15.2 Å². The maximum absolute atomic E-state index is 15.2. The van der Waals surface area contributed by atoms with Crippen molar-refractivity contribution in [2.45, 2.75) is 0 Å². The summed E-state index contributed by atoms with van der Waals surface area (Å²) in [4.78, 5) is 22.6. The monoisotopic (exact) mass is 713 g/mol. The minimum Gasteiger partial charge on any atom is -0.497 e. The van der Waals surface area contributed by atoms with Gasteiger partial charge in [-0.3, -0.25) is 8.80 Å². The standard InChI is InChI=1S/C46H29N6O3/c1-54-30-11-12-31-33(23-30)32(13-22-42(31)55-2)45-37-17-16-36(50-37)43(28-7-3-26(24-47)4-8-28)35-15-14-34(49-35)38-18-19-39-44(29-9-5-27(25-48)6-10-29)40-20-21-41(45)52(40)46(53)51(38)39/h3-23,49-50H,1-2H3/q+1. The molecule has 0 aliphatic rings. The molecule has 0 saturated carbocycles. The number of nitrogens with one attached hydrogen (secondary N) is 2. The lowest BCUT2D eigenvalue weighted by Crippen LogP contribution is -2.21. The number of aromatic nitrogens is 4. The Hall–Kier alpha value is -7.88. The van der Waals surface area contributed by atoms with E-state index in [1.54, 1.807) is 35.2 Å². The molecule has 0 aliphatic carbocycles. The van der Waals surface area contributed by atoms with E-state index in [0.717, 1.165) is 77.3 Å². The molecule has 6 bridgehead atoms. The zero-order chi connectivity index (χ0) is 37.4. The van der Waals surface area contributed by atoms with Gasteiger partial charge in [-0.05, 0) is 108 Å². The predicted molar refractivity (Wildman–Crippen MR) is 217 cm³/mol. The molecule has 6 heterocycles. The van der Waals surface area contributed by atoms with Crippen LogP contribution >= 0.6 is 0 Å². The van der Waals surface area contributed by atoms with Gasteiger partial charge in [0, 0.05) is 40.8 Å². The summed E-state index contributed by atoms with van der Waals surface area (Å²) in [5.74, 6) is 1.40. The Morgan fingerprint density at radius 1 is 0.582 bits per heavy atom. The van der Waals surface area contributed by atoms with Gasteiger partial charge in [-0.1, -0.05) is 12.1 Å². The Morgan fingerprint density at radius 2 is 1.18 bits per heavy atom. The fourth-order valence-electron chi connectivity index (χ4n) is 8.11. The summed E-state index contributed by atoms with van der Waals surface area (Å²) in [6.45, 7) is 0. The lowest BCUT2D eigenvalue weighted by Gasteiger charge is -2.14. The van der Waals surface area contributed by atoms with Crippen molar-refractivity contribution in [3.8, 4) is 57.0 Å². The maximum Gasteiger partial charge on any atom is 0.338 e.